The Morgan fingerprint density at radius 2 is 1.12 bits per heavy atom. The van der Waals surface area contributed by atoms with E-state index < -0.39 is 0 Å². The van der Waals surface area contributed by atoms with Crippen molar-refractivity contribution in [3.8, 4) is 56.2 Å². The minimum absolute atomic E-state index is 0.0287. The van der Waals surface area contributed by atoms with Crippen molar-refractivity contribution in [2.45, 2.75) is 0 Å². The lowest BCUT2D eigenvalue weighted by molar-refractivity contribution is 0.795. The molecule has 6 heteroatoms. The van der Waals surface area contributed by atoms with Gasteiger partial charge in [-0.25, -0.2) is 14.8 Å². The Morgan fingerprint density at radius 3 is 1.96 bits per heavy atom. The third kappa shape index (κ3) is 4.96. The standard InChI is InChI=1S/C43H30N4OS/c1-46-38-23-22-30(25-39(38)47(2)43(46)48)27-18-20-28(21-19-27)36-26-37(45-42(44-36)29-10-4-3-5-11-29)32-13-8-12-31(24-32)33-15-9-16-35-34-14-6-7-17-40(34)49-41(33)35/h3-26H,1-2H3. The van der Waals surface area contributed by atoms with Crippen molar-refractivity contribution in [2.75, 3.05) is 0 Å². The lowest BCUT2D eigenvalue weighted by Gasteiger charge is -2.11. The Labute approximate surface area is 287 Å². The fourth-order valence-electron chi connectivity index (χ4n) is 6.80. The molecule has 0 saturated carbocycles. The van der Waals surface area contributed by atoms with Gasteiger partial charge in [0.2, 0.25) is 0 Å². The van der Waals surface area contributed by atoms with E-state index in [1.54, 1.807) is 16.2 Å². The molecule has 0 saturated heterocycles. The summed E-state index contributed by atoms with van der Waals surface area (Å²) in [4.78, 5) is 22.7. The van der Waals surface area contributed by atoms with Crippen LogP contribution in [0.3, 0.4) is 0 Å². The normalized spacial score (nSPS) is 11.6. The first-order chi connectivity index (χ1) is 24.0. The monoisotopic (exact) mass is 650 g/mol. The van der Waals surface area contributed by atoms with E-state index in [4.69, 9.17) is 9.97 Å². The average molecular weight is 651 g/mol. The van der Waals surface area contributed by atoms with Crippen molar-refractivity contribution in [2.24, 2.45) is 14.1 Å². The Kier molecular flexibility index (Phi) is 6.85. The largest absolute Gasteiger partial charge is 0.328 e. The maximum Gasteiger partial charge on any atom is 0.328 e. The molecule has 3 heterocycles. The molecule has 0 N–H and O–H groups in total. The quantitative estimate of drug-likeness (QED) is 0.186. The Bertz CT molecular complexity index is 2760. The van der Waals surface area contributed by atoms with Crippen LogP contribution in [0, 0.1) is 0 Å². The number of aromatic nitrogens is 4. The number of fused-ring (bicyclic) bond motifs is 4. The van der Waals surface area contributed by atoms with Gasteiger partial charge in [-0.05, 0) is 52.6 Å². The van der Waals surface area contributed by atoms with Crippen molar-refractivity contribution < 1.29 is 0 Å². The van der Waals surface area contributed by atoms with E-state index in [-0.39, 0.29) is 5.69 Å². The summed E-state index contributed by atoms with van der Waals surface area (Å²) in [6.07, 6.45) is 0. The second-order valence-electron chi connectivity index (χ2n) is 12.4. The van der Waals surface area contributed by atoms with Crippen molar-refractivity contribution in [3.63, 3.8) is 0 Å². The van der Waals surface area contributed by atoms with Crippen LogP contribution in [-0.2, 0) is 14.1 Å². The fraction of sp³-hybridized carbons (Fsp3) is 0.0465. The first-order valence-electron chi connectivity index (χ1n) is 16.2. The molecule has 0 bridgehead atoms. The van der Waals surface area contributed by atoms with Crippen LogP contribution in [0.4, 0.5) is 0 Å². The molecule has 0 aliphatic heterocycles. The average Bonchev–Trinajstić information content (AvgIpc) is 3.65. The summed E-state index contributed by atoms with van der Waals surface area (Å²) in [5.74, 6) is 0.685. The summed E-state index contributed by atoms with van der Waals surface area (Å²) in [5.41, 5.74) is 11.0. The molecule has 49 heavy (non-hydrogen) atoms. The summed E-state index contributed by atoms with van der Waals surface area (Å²) < 4.78 is 5.96. The van der Waals surface area contributed by atoms with Gasteiger partial charge < -0.3 is 0 Å². The molecule has 9 rings (SSSR count). The third-order valence-corrected chi connectivity index (χ3v) is 10.6. The molecule has 0 aliphatic carbocycles. The highest BCUT2D eigenvalue weighted by Crippen LogP contribution is 2.40. The molecule has 0 aliphatic rings. The molecule has 0 unspecified atom stereocenters. The predicted octanol–water partition coefficient (Wildman–Crippen LogP) is 10.4. The summed E-state index contributed by atoms with van der Waals surface area (Å²) in [7, 11) is 3.62. The van der Waals surface area contributed by atoms with Gasteiger partial charge >= 0.3 is 5.69 Å². The number of rotatable bonds is 5. The Balaban J connectivity index is 1.14. The highest BCUT2D eigenvalue weighted by Gasteiger charge is 2.15. The van der Waals surface area contributed by atoms with E-state index in [2.05, 4.69) is 121 Å². The first kappa shape index (κ1) is 29.1. The van der Waals surface area contributed by atoms with Crippen LogP contribution in [0.5, 0.6) is 0 Å². The van der Waals surface area contributed by atoms with Crippen LogP contribution in [-0.4, -0.2) is 19.1 Å². The molecule has 3 aromatic heterocycles. The molecular formula is C43H30N4OS. The van der Waals surface area contributed by atoms with Crippen molar-refractivity contribution in [1.82, 2.24) is 19.1 Å². The van der Waals surface area contributed by atoms with Crippen molar-refractivity contribution in [3.05, 3.63) is 156 Å². The van der Waals surface area contributed by atoms with Crippen LogP contribution in [0.25, 0.3) is 87.4 Å². The smallest absolute Gasteiger partial charge is 0.295 e. The zero-order valence-corrected chi connectivity index (χ0v) is 27.8. The van der Waals surface area contributed by atoms with Crippen molar-refractivity contribution in [1.29, 1.82) is 0 Å². The minimum atomic E-state index is -0.0287. The first-order valence-corrected chi connectivity index (χ1v) is 17.1. The lowest BCUT2D eigenvalue weighted by atomic mass is 9.98. The van der Waals surface area contributed by atoms with Gasteiger partial charge in [-0.2, -0.15) is 0 Å². The van der Waals surface area contributed by atoms with E-state index in [0.717, 1.165) is 55.8 Å². The second kappa shape index (κ2) is 11.5. The molecule has 0 radical (unpaired) electrons. The van der Waals surface area contributed by atoms with E-state index in [0.29, 0.717) is 5.82 Å². The second-order valence-corrected chi connectivity index (χ2v) is 13.4. The molecule has 5 nitrogen and oxygen atoms in total. The third-order valence-electron chi connectivity index (χ3n) is 9.42. The van der Waals surface area contributed by atoms with Crippen LogP contribution >= 0.6 is 11.3 Å². The van der Waals surface area contributed by atoms with Gasteiger partial charge in [-0.15, -0.1) is 11.3 Å². The maximum atomic E-state index is 12.5. The van der Waals surface area contributed by atoms with Gasteiger partial charge in [0.05, 0.1) is 22.4 Å². The van der Waals surface area contributed by atoms with Gasteiger partial charge in [0.25, 0.3) is 0 Å². The molecule has 9 aromatic rings. The maximum absolute atomic E-state index is 12.5. The van der Waals surface area contributed by atoms with Crippen LogP contribution in [0.15, 0.2) is 150 Å². The van der Waals surface area contributed by atoms with E-state index in [9.17, 15) is 4.79 Å². The number of aryl methyl sites for hydroxylation is 2. The zero-order valence-electron chi connectivity index (χ0n) is 27.0. The number of nitrogens with zero attached hydrogens (tertiary/aromatic N) is 4. The summed E-state index contributed by atoms with van der Waals surface area (Å²) in [6.45, 7) is 0. The van der Waals surface area contributed by atoms with E-state index >= 15 is 0 Å². The highest BCUT2D eigenvalue weighted by molar-refractivity contribution is 7.26. The molecule has 0 atom stereocenters. The molecule has 0 fully saturated rings. The highest BCUT2D eigenvalue weighted by atomic mass is 32.1. The number of hydrogen-bond donors (Lipinski definition) is 0. The minimum Gasteiger partial charge on any atom is -0.295 e. The zero-order chi connectivity index (χ0) is 33.1. The molecule has 234 valence electrons. The van der Waals surface area contributed by atoms with Crippen LogP contribution in [0.1, 0.15) is 0 Å². The van der Waals surface area contributed by atoms with Gasteiger partial charge in [-0.1, -0.05) is 115 Å². The van der Waals surface area contributed by atoms with E-state index in [1.807, 2.05) is 42.6 Å². The molecule has 6 aromatic carbocycles. The summed E-state index contributed by atoms with van der Waals surface area (Å²) >= 11 is 1.84. The Morgan fingerprint density at radius 1 is 0.490 bits per heavy atom. The molecular weight excluding hydrogens is 621 g/mol. The van der Waals surface area contributed by atoms with E-state index in [1.165, 1.54) is 25.7 Å². The topological polar surface area (TPSA) is 52.7 Å². The fourth-order valence-corrected chi connectivity index (χ4v) is 8.04. The van der Waals surface area contributed by atoms with Gasteiger partial charge in [-0.3, -0.25) is 9.13 Å². The number of thiophene rings is 1. The van der Waals surface area contributed by atoms with Crippen LogP contribution < -0.4 is 5.69 Å². The number of hydrogen-bond acceptors (Lipinski definition) is 4. The Hall–Kier alpha value is -6.11. The molecule has 0 spiro atoms. The lowest BCUT2D eigenvalue weighted by Crippen LogP contribution is -2.19. The number of imidazole rings is 1. The van der Waals surface area contributed by atoms with Gasteiger partial charge in [0, 0.05) is 51.0 Å². The van der Waals surface area contributed by atoms with Gasteiger partial charge in [0.15, 0.2) is 5.82 Å². The summed E-state index contributed by atoms with van der Waals surface area (Å²) in [5, 5.41) is 2.58. The molecule has 0 amide bonds. The van der Waals surface area contributed by atoms with Crippen molar-refractivity contribution >= 4 is 42.5 Å². The number of benzene rings is 6. The summed E-state index contributed by atoms with van der Waals surface area (Å²) in [6, 6.07) is 50.8. The predicted molar refractivity (Wildman–Crippen MR) is 204 cm³/mol. The van der Waals surface area contributed by atoms with Crippen LogP contribution in [0.2, 0.25) is 0 Å². The van der Waals surface area contributed by atoms with Gasteiger partial charge in [0.1, 0.15) is 0 Å². The SMILES string of the molecule is Cn1c(=O)n(C)c2cc(-c3ccc(-c4cc(-c5cccc(-c6cccc7c6sc6ccccc67)c5)nc(-c5ccccc5)n4)cc3)ccc21.